The molecule has 0 atom stereocenters. The van der Waals surface area contributed by atoms with Gasteiger partial charge >= 0.3 is 6.03 Å². The van der Waals surface area contributed by atoms with E-state index < -0.39 is 0 Å². The number of pyridine rings is 1. The van der Waals surface area contributed by atoms with E-state index >= 15 is 0 Å². The molecule has 0 aliphatic carbocycles. The molecule has 0 saturated carbocycles. The summed E-state index contributed by atoms with van der Waals surface area (Å²) in [6, 6.07) is 11.6. The van der Waals surface area contributed by atoms with Gasteiger partial charge in [0.05, 0.1) is 38.2 Å². The van der Waals surface area contributed by atoms with Gasteiger partial charge in [0, 0.05) is 49.3 Å². The van der Waals surface area contributed by atoms with Gasteiger partial charge in [0.15, 0.2) is 5.78 Å². The van der Waals surface area contributed by atoms with Crippen LogP contribution in [0.3, 0.4) is 0 Å². The molecule has 4 heterocycles. The average molecular weight is 754 g/mol. The summed E-state index contributed by atoms with van der Waals surface area (Å²) in [6.45, 7) is 3.92. The Morgan fingerprint density at radius 2 is 1.85 bits per heavy atom. The fourth-order valence-corrected chi connectivity index (χ4v) is 7.47. The Morgan fingerprint density at radius 1 is 1.10 bits per heavy atom. The topological polar surface area (TPSA) is 93.8 Å². The molecule has 2 aromatic heterocycles. The first-order valence-corrected chi connectivity index (χ1v) is 18.2. The molecule has 2 amide bonds. The number of piperazine rings is 1. The smallest absolute Gasteiger partial charge is 0.320 e. The zero-order chi connectivity index (χ0) is 27.4. The highest BCUT2D eigenvalue weighted by Crippen LogP contribution is 2.41. The van der Waals surface area contributed by atoms with Gasteiger partial charge in [0.2, 0.25) is 0 Å². The van der Waals surface area contributed by atoms with E-state index in [-0.39, 0.29) is 59.8 Å². The summed E-state index contributed by atoms with van der Waals surface area (Å²) in [5, 5.41) is 3.48. The fraction of sp³-hybridized carbons (Fsp3) is 0.321. The number of benzene rings is 1. The molecule has 39 heavy (non-hydrogen) atoms. The van der Waals surface area contributed by atoms with Crippen LogP contribution >= 0.6 is 41.5 Å². The Labute approximate surface area is 248 Å². The molecule has 206 valence electrons. The van der Waals surface area contributed by atoms with Crippen molar-refractivity contribution in [2.45, 2.75) is 8.48 Å². The Bertz CT molecular complexity index is 1360. The number of nitrogens with zero attached hydrogens (tertiary/aromatic N) is 4. The van der Waals surface area contributed by atoms with Crippen molar-refractivity contribution in [2.24, 2.45) is 0 Å². The molecule has 3 aromatic rings. The summed E-state index contributed by atoms with van der Waals surface area (Å²) < 4.78 is 15.0. The lowest BCUT2D eigenvalue weighted by Gasteiger charge is -2.37. The summed E-state index contributed by atoms with van der Waals surface area (Å²) in [6.07, 6.45) is 3.44. The molecule has 1 fully saturated rings. The lowest BCUT2D eigenvalue weighted by Crippen LogP contribution is -2.53. The maximum Gasteiger partial charge on any atom is 0.320 e. The number of fused-ring (bicyclic) bond motifs is 1. The van der Waals surface area contributed by atoms with Crippen molar-refractivity contribution in [3.05, 3.63) is 60.0 Å². The molecule has 2 aliphatic rings. The molecule has 9 nitrogen and oxygen atoms in total. The number of hydrogen-bond donors (Lipinski definition) is 2. The number of halogens is 2. The first-order chi connectivity index (χ1) is 19.0. The monoisotopic (exact) mass is 754 g/mol. The minimum absolute atomic E-state index is 0.0423. The first-order valence-electron chi connectivity index (χ1n) is 12.6. The maximum atomic E-state index is 13.6. The van der Waals surface area contributed by atoms with E-state index in [1.54, 1.807) is 17.3 Å². The van der Waals surface area contributed by atoms with Crippen LogP contribution < -0.4 is 10.1 Å². The number of likely N-dealkylation sites (N-methyl/N-ethyl adjacent to an activating group) is 1. The van der Waals surface area contributed by atoms with Crippen LogP contribution in [-0.2, 0) is 6.54 Å². The second-order valence-electron chi connectivity index (χ2n) is 9.45. The van der Waals surface area contributed by atoms with Gasteiger partial charge in [-0.05, 0) is 25.2 Å². The number of amides is 2. The normalized spacial score (nSPS) is 15.9. The number of urea groups is 1. The molecule has 5 rings (SSSR count). The number of H-pyrrole nitrogens is 1. The van der Waals surface area contributed by atoms with E-state index in [4.69, 9.17) is 4.74 Å². The third-order valence-electron chi connectivity index (χ3n) is 6.88. The third-order valence-corrected chi connectivity index (χ3v) is 14.0. The number of carbonyl (C=O) groups is 2. The molecular weight excluding hydrogens is 722 g/mol. The van der Waals surface area contributed by atoms with Gasteiger partial charge in [-0.2, -0.15) is 0 Å². The largest absolute Gasteiger partial charge is 0.489 e. The Morgan fingerprint density at radius 3 is 2.56 bits per heavy atom. The van der Waals surface area contributed by atoms with Crippen LogP contribution in [0.2, 0.25) is 0 Å². The van der Waals surface area contributed by atoms with E-state index in [2.05, 4.69) is 36.3 Å². The molecule has 0 unspecified atom stereocenters. The fourth-order valence-electron chi connectivity index (χ4n) is 4.79. The second-order valence-corrected chi connectivity index (χ2v) is 16.6. The summed E-state index contributed by atoms with van der Waals surface area (Å²) in [7, 11) is 2.05. The highest BCUT2D eigenvalue weighted by molar-refractivity contribution is 14.3. The van der Waals surface area contributed by atoms with Crippen LogP contribution in [0, 0.1) is 0 Å². The van der Waals surface area contributed by atoms with E-state index in [1.165, 1.54) is 0 Å². The number of Topliss-reactive ketones (excluding diaryl/α,β-unsaturated/α-hetero) is 1. The van der Waals surface area contributed by atoms with Gasteiger partial charge in [0.25, 0.3) is 0 Å². The highest BCUT2D eigenvalue weighted by atomic mass is 127. The third kappa shape index (κ3) is 6.24. The summed E-state index contributed by atoms with van der Waals surface area (Å²) >= 11 is -0.410. The Kier molecular flexibility index (Phi) is 9.07. The maximum absolute atomic E-state index is 13.6. The van der Waals surface area contributed by atoms with Gasteiger partial charge < -0.3 is 29.7 Å². The van der Waals surface area contributed by atoms with E-state index in [0.717, 1.165) is 35.7 Å². The van der Waals surface area contributed by atoms with Crippen molar-refractivity contribution in [3.8, 4) is 17.0 Å². The number of nitrogens with one attached hydrogen (secondary N) is 2. The van der Waals surface area contributed by atoms with E-state index in [0.29, 0.717) is 45.2 Å². The van der Waals surface area contributed by atoms with Gasteiger partial charge in [-0.1, -0.05) is 27.2 Å². The van der Waals surface area contributed by atoms with Crippen LogP contribution in [-0.4, -0.2) is 93.8 Å². The quantitative estimate of drug-likeness (QED) is 0.256. The van der Waals surface area contributed by atoms with Crippen molar-refractivity contribution in [3.63, 3.8) is 0 Å². The van der Waals surface area contributed by atoms with Crippen molar-refractivity contribution in [2.75, 3.05) is 51.7 Å². The van der Waals surface area contributed by atoms with Crippen LogP contribution in [0.5, 0.6) is 5.75 Å². The minimum atomic E-state index is -0.205. The average Bonchev–Trinajstić information content (AvgIpc) is 3.32. The highest BCUT2D eigenvalue weighted by Gasteiger charge is 2.35. The number of aromatic amines is 1. The standard InChI is InChI=1S/C28H32I2N6O3/c1-29-24(30-2)18-39-23-15-31-10-9-20(23)26-27(32-19-7-5-4-6-8-19)25-21(33-26)16-36(17-22(25)37)28(38)35-13-11-34(3)12-14-35/h4-10,15,24,32-33H,1-2,11-14,16-18H2,3H3. The first kappa shape index (κ1) is 27.9. The number of ether oxygens (including phenoxy) is 1. The lowest BCUT2D eigenvalue weighted by atomic mass is 10.0. The van der Waals surface area contributed by atoms with Gasteiger partial charge in [-0.15, -0.1) is 41.5 Å². The van der Waals surface area contributed by atoms with Crippen LogP contribution in [0.4, 0.5) is 16.2 Å². The van der Waals surface area contributed by atoms with E-state index in [1.807, 2.05) is 41.3 Å². The van der Waals surface area contributed by atoms with Crippen molar-refractivity contribution in [1.82, 2.24) is 24.7 Å². The molecule has 11 heteroatoms. The zero-order valence-electron chi connectivity index (χ0n) is 21.8. The molecule has 1 aromatic carbocycles. The molecule has 2 aliphatic heterocycles. The van der Waals surface area contributed by atoms with Crippen molar-refractivity contribution < 1.29 is 14.3 Å². The molecule has 0 spiro atoms. The number of rotatable bonds is 8. The predicted molar refractivity (Wildman–Crippen MR) is 175 cm³/mol. The Hall–Kier alpha value is -2.65. The Balaban J connectivity index is 1.51. The zero-order valence-corrected chi connectivity index (χ0v) is 26.1. The number of para-hydroxylation sites is 1. The number of alkyl halides is 2. The molecule has 0 radical (unpaired) electrons. The molecule has 1 saturated heterocycles. The number of carbonyl (C=O) groups excluding carboxylic acids is 2. The van der Waals surface area contributed by atoms with E-state index in [9.17, 15) is 9.59 Å². The number of aromatic nitrogens is 2. The minimum Gasteiger partial charge on any atom is -0.489 e. The summed E-state index contributed by atoms with van der Waals surface area (Å²) in [4.78, 5) is 40.5. The summed E-state index contributed by atoms with van der Waals surface area (Å²) in [5.74, 6) is 0.546. The van der Waals surface area contributed by atoms with Crippen molar-refractivity contribution in [1.29, 1.82) is 0 Å². The number of ketones is 1. The van der Waals surface area contributed by atoms with Crippen molar-refractivity contribution >= 4 is 73.7 Å². The van der Waals surface area contributed by atoms with Gasteiger partial charge in [0.1, 0.15) is 12.4 Å². The van der Waals surface area contributed by atoms with Crippen LogP contribution in [0.25, 0.3) is 11.3 Å². The number of anilines is 2. The molecule has 0 bridgehead atoms. The SMILES string of the molecule is C=IC(COc1cnccc1-c1[nH]c2c(c1Nc1ccccc1)C(=O)CN(C(=O)N1CCN(C)CC1)C2)I=C. The van der Waals surface area contributed by atoms with Gasteiger partial charge in [-0.3, -0.25) is 9.78 Å². The van der Waals surface area contributed by atoms with Crippen LogP contribution in [0.15, 0.2) is 48.8 Å². The second kappa shape index (κ2) is 12.7. The summed E-state index contributed by atoms with van der Waals surface area (Å²) in [5.41, 5.74) is 4.41. The predicted octanol–water partition coefficient (Wildman–Crippen LogP) is 4.70. The van der Waals surface area contributed by atoms with Gasteiger partial charge in [-0.25, -0.2) is 4.79 Å². The van der Waals surface area contributed by atoms with Crippen LogP contribution in [0.1, 0.15) is 16.1 Å². The lowest BCUT2D eigenvalue weighted by molar-refractivity contribution is 0.0858. The molecule has 2 N–H and O–H groups in total. The molecular formula is C28H32I2N6O3. The number of hydrogen-bond acceptors (Lipinski definition) is 6.